The Kier molecular flexibility index (Phi) is 6.23. The van der Waals surface area contributed by atoms with Gasteiger partial charge in [0.05, 0.1) is 39.5 Å². The molecule has 1 aliphatic rings. The number of carbonyl (C=O) groups excluding carboxylic acids is 1. The third-order valence-electron chi connectivity index (χ3n) is 3.23. The summed E-state index contributed by atoms with van der Waals surface area (Å²) in [6.07, 6.45) is 1.14. The van der Waals surface area contributed by atoms with E-state index in [4.69, 9.17) is 19.3 Å². The number of aliphatic carboxylic acids is 1. The van der Waals surface area contributed by atoms with E-state index in [0.29, 0.717) is 22.8 Å². The molecule has 0 saturated carbocycles. The predicted octanol–water partition coefficient (Wildman–Crippen LogP) is 1.11. The van der Waals surface area contributed by atoms with E-state index in [0.717, 1.165) is 11.8 Å². The molecule has 1 aromatic rings. The van der Waals surface area contributed by atoms with Gasteiger partial charge in [0.15, 0.2) is 5.17 Å². The van der Waals surface area contributed by atoms with E-state index in [1.807, 2.05) is 0 Å². The van der Waals surface area contributed by atoms with Crippen LogP contribution in [0, 0.1) is 0 Å². The first-order valence-corrected chi connectivity index (χ1v) is 7.96. The molecule has 1 unspecified atom stereocenters. The largest absolute Gasteiger partial charge is 0.496 e. The van der Waals surface area contributed by atoms with E-state index < -0.39 is 17.1 Å². The summed E-state index contributed by atoms with van der Waals surface area (Å²) in [5, 5.41) is 18.6. The number of carbonyl (C=O) groups is 2. The van der Waals surface area contributed by atoms with E-state index in [1.165, 1.54) is 27.5 Å². The fraction of sp³-hybridized carbons (Fsp3) is 0.333. The SMILES string of the molecule is COc1cc(OC)c(C=NN=C2NC(=O)C(CC(=O)O)S2)c(OC)c1. The number of hydrogen-bond donors (Lipinski definition) is 2. The molecule has 25 heavy (non-hydrogen) atoms. The minimum atomic E-state index is -1.05. The highest BCUT2D eigenvalue weighted by molar-refractivity contribution is 8.15. The first-order chi connectivity index (χ1) is 12.0. The van der Waals surface area contributed by atoms with Crippen molar-refractivity contribution in [1.29, 1.82) is 0 Å². The molecule has 2 N–H and O–H groups in total. The lowest BCUT2D eigenvalue weighted by atomic mass is 10.2. The van der Waals surface area contributed by atoms with Crippen LogP contribution in [0.3, 0.4) is 0 Å². The summed E-state index contributed by atoms with van der Waals surface area (Å²) in [4.78, 5) is 22.3. The van der Waals surface area contributed by atoms with Gasteiger partial charge in [-0.15, -0.1) is 5.10 Å². The number of methoxy groups -OCH3 is 3. The van der Waals surface area contributed by atoms with Gasteiger partial charge in [-0.1, -0.05) is 11.8 Å². The number of thioether (sulfide) groups is 1. The van der Waals surface area contributed by atoms with Gasteiger partial charge in [-0.25, -0.2) is 0 Å². The fourth-order valence-electron chi connectivity index (χ4n) is 2.04. The van der Waals surface area contributed by atoms with Gasteiger partial charge in [0.2, 0.25) is 5.91 Å². The number of benzene rings is 1. The minimum absolute atomic E-state index is 0.235. The quantitative estimate of drug-likeness (QED) is 0.547. The van der Waals surface area contributed by atoms with E-state index in [1.54, 1.807) is 12.1 Å². The molecule has 0 radical (unpaired) electrons. The molecule has 10 heteroatoms. The van der Waals surface area contributed by atoms with Crippen LogP contribution in [0.5, 0.6) is 17.2 Å². The van der Waals surface area contributed by atoms with Crippen molar-refractivity contribution in [2.75, 3.05) is 21.3 Å². The summed E-state index contributed by atoms with van der Waals surface area (Å²) in [5.74, 6) is 0.0670. The zero-order valence-corrected chi connectivity index (χ0v) is 14.6. The standard InChI is InChI=1S/C15H17N3O6S/c1-22-8-4-10(23-2)9(11(5-8)24-3)7-16-18-15-17-14(21)12(25-15)6-13(19)20/h4-5,7,12H,6H2,1-3H3,(H,19,20)(H,17,18,21). The van der Waals surface area contributed by atoms with E-state index in [9.17, 15) is 9.59 Å². The van der Waals surface area contributed by atoms with Gasteiger partial charge in [0, 0.05) is 12.1 Å². The van der Waals surface area contributed by atoms with Gasteiger partial charge in [-0.3, -0.25) is 9.59 Å². The third-order valence-corrected chi connectivity index (χ3v) is 4.30. The van der Waals surface area contributed by atoms with Gasteiger partial charge >= 0.3 is 5.97 Å². The van der Waals surface area contributed by atoms with Crippen LogP contribution < -0.4 is 19.5 Å². The van der Waals surface area contributed by atoms with Crippen molar-refractivity contribution in [1.82, 2.24) is 5.32 Å². The van der Waals surface area contributed by atoms with Crippen LogP contribution in [0.15, 0.2) is 22.3 Å². The lowest BCUT2D eigenvalue weighted by Gasteiger charge is -2.11. The van der Waals surface area contributed by atoms with Crippen molar-refractivity contribution in [2.45, 2.75) is 11.7 Å². The van der Waals surface area contributed by atoms with Crippen LogP contribution in [-0.2, 0) is 9.59 Å². The molecule has 1 aromatic carbocycles. The second kappa shape index (κ2) is 8.38. The molecule has 9 nitrogen and oxygen atoms in total. The molecule has 1 amide bonds. The number of carboxylic acid groups (broad SMARTS) is 1. The summed E-state index contributed by atoms with van der Waals surface area (Å²) < 4.78 is 15.7. The maximum absolute atomic E-state index is 11.6. The van der Waals surface area contributed by atoms with E-state index in [2.05, 4.69) is 15.5 Å². The van der Waals surface area contributed by atoms with Gasteiger partial charge in [-0.05, 0) is 0 Å². The Labute approximate surface area is 148 Å². The van der Waals surface area contributed by atoms with Crippen LogP contribution in [0.4, 0.5) is 0 Å². The molecule has 0 aromatic heterocycles. The minimum Gasteiger partial charge on any atom is -0.496 e. The van der Waals surface area contributed by atoms with Crippen LogP contribution in [0.1, 0.15) is 12.0 Å². The molecular formula is C15H17N3O6S. The highest BCUT2D eigenvalue weighted by Gasteiger charge is 2.32. The van der Waals surface area contributed by atoms with Crippen molar-refractivity contribution >= 4 is 35.0 Å². The zero-order valence-electron chi connectivity index (χ0n) is 13.8. The summed E-state index contributed by atoms with van der Waals surface area (Å²) in [6, 6.07) is 3.35. The molecule has 1 atom stereocenters. The Morgan fingerprint density at radius 1 is 1.28 bits per heavy atom. The molecule has 1 aliphatic heterocycles. The molecular weight excluding hydrogens is 350 g/mol. The molecule has 0 bridgehead atoms. The molecule has 2 rings (SSSR count). The lowest BCUT2D eigenvalue weighted by molar-refractivity contribution is -0.138. The maximum atomic E-state index is 11.6. The summed E-state index contributed by atoms with van der Waals surface area (Å²) in [7, 11) is 4.53. The molecule has 0 aliphatic carbocycles. The molecule has 134 valence electrons. The number of nitrogens with zero attached hydrogens (tertiary/aromatic N) is 2. The number of hydrogen-bond acceptors (Lipinski definition) is 8. The lowest BCUT2D eigenvalue weighted by Crippen LogP contribution is -2.26. The van der Waals surface area contributed by atoms with Crippen molar-refractivity contribution in [3.63, 3.8) is 0 Å². The molecule has 1 heterocycles. The molecule has 1 saturated heterocycles. The summed E-state index contributed by atoms with van der Waals surface area (Å²) >= 11 is 1.02. The van der Waals surface area contributed by atoms with Crippen LogP contribution in [-0.4, -0.2) is 54.9 Å². The zero-order chi connectivity index (χ0) is 18.4. The van der Waals surface area contributed by atoms with Crippen molar-refractivity contribution < 1.29 is 28.9 Å². The maximum Gasteiger partial charge on any atom is 0.305 e. The summed E-state index contributed by atoms with van der Waals surface area (Å²) in [5.41, 5.74) is 0.548. The Bertz CT molecular complexity index is 709. The normalized spacial score (nSPS) is 18.4. The third kappa shape index (κ3) is 4.63. The van der Waals surface area contributed by atoms with Crippen molar-refractivity contribution in [2.24, 2.45) is 10.2 Å². The van der Waals surface area contributed by atoms with E-state index in [-0.39, 0.29) is 11.6 Å². The number of amides is 1. The smallest absolute Gasteiger partial charge is 0.305 e. The van der Waals surface area contributed by atoms with Gasteiger partial charge in [0.25, 0.3) is 0 Å². The van der Waals surface area contributed by atoms with Crippen LogP contribution >= 0.6 is 11.8 Å². The Hall–Kier alpha value is -2.75. The second-order valence-corrected chi connectivity index (χ2v) is 5.98. The van der Waals surface area contributed by atoms with Crippen LogP contribution in [0.25, 0.3) is 0 Å². The number of rotatable bonds is 7. The first-order valence-electron chi connectivity index (χ1n) is 7.08. The van der Waals surface area contributed by atoms with Gasteiger partial charge in [0.1, 0.15) is 22.5 Å². The highest BCUT2D eigenvalue weighted by atomic mass is 32.2. The number of nitrogens with one attached hydrogen (secondary N) is 1. The predicted molar refractivity (Wildman–Crippen MR) is 92.9 cm³/mol. The number of ether oxygens (including phenoxy) is 3. The average molecular weight is 367 g/mol. The highest BCUT2D eigenvalue weighted by Crippen LogP contribution is 2.32. The summed E-state index contributed by atoms with van der Waals surface area (Å²) in [6.45, 7) is 0. The average Bonchev–Trinajstić information content (AvgIpc) is 2.93. The van der Waals surface area contributed by atoms with Crippen LogP contribution in [0.2, 0.25) is 0 Å². The van der Waals surface area contributed by atoms with Gasteiger partial charge < -0.3 is 24.6 Å². The molecule has 0 spiro atoms. The van der Waals surface area contributed by atoms with Crippen molar-refractivity contribution in [3.8, 4) is 17.2 Å². The topological polar surface area (TPSA) is 119 Å². The second-order valence-electron chi connectivity index (χ2n) is 4.79. The number of amidine groups is 1. The number of carboxylic acids is 1. The first kappa shape index (κ1) is 18.6. The van der Waals surface area contributed by atoms with E-state index >= 15 is 0 Å². The molecule has 1 fully saturated rings. The Morgan fingerprint density at radius 3 is 2.44 bits per heavy atom. The Morgan fingerprint density at radius 2 is 1.92 bits per heavy atom. The van der Waals surface area contributed by atoms with Crippen molar-refractivity contribution in [3.05, 3.63) is 17.7 Å². The van der Waals surface area contributed by atoms with Gasteiger partial charge in [-0.2, -0.15) is 5.10 Å². The Balaban J connectivity index is 2.19. The fourth-order valence-corrected chi connectivity index (χ4v) is 2.96. The monoisotopic (exact) mass is 367 g/mol.